The Morgan fingerprint density at radius 1 is 1.10 bits per heavy atom. The number of rotatable bonds is 4. The molecule has 0 saturated heterocycles. The first-order chi connectivity index (χ1) is 9.51. The van der Waals surface area contributed by atoms with Crippen LogP contribution >= 0.6 is 15.9 Å². The molecule has 2 aromatic carbocycles. The van der Waals surface area contributed by atoms with Crippen molar-refractivity contribution in [2.75, 3.05) is 11.9 Å². The third-order valence-corrected chi connectivity index (χ3v) is 3.93. The third-order valence-electron chi connectivity index (χ3n) is 3.43. The Labute approximate surface area is 129 Å². The van der Waals surface area contributed by atoms with E-state index in [4.69, 9.17) is 0 Å². The number of nitrogens with one attached hydrogen (secondary N) is 1. The number of hydrogen-bond acceptors (Lipinski definition) is 2. The third kappa shape index (κ3) is 3.41. The first-order valence-electron chi connectivity index (χ1n) is 6.72. The molecular formula is C17H20BrNO. The van der Waals surface area contributed by atoms with Crippen LogP contribution in [0.2, 0.25) is 0 Å². The second-order valence-corrected chi connectivity index (χ2v) is 6.12. The molecule has 106 valence electrons. The lowest BCUT2D eigenvalue weighted by Gasteiger charge is -2.23. The normalized spacial score (nSPS) is 12.2. The van der Waals surface area contributed by atoms with Crippen molar-refractivity contribution < 1.29 is 5.11 Å². The molecule has 0 aromatic heterocycles. The molecule has 2 N–H and O–H groups in total. The summed E-state index contributed by atoms with van der Waals surface area (Å²) in [6.07, 6.45) is 0. The Morgan fingerprint density at radius 2 is 1.75 bits per heavy atom. The molecule has 0 aliphatic heterocycles. The van der Waals surface area contributed by atoms with Gasteiger partial charge in [0.05, 0.1) is 12.6 Å². The van der Waals surface area contributed by atoms with Gasteiger partial charge in [-0.3, -0.25) is 0 Å². The summed E-state index contributed by atoms with van der Waals surface area (Å²) in [6.45, 7) is 6.36. The molecule has 0 radical (unpaired) electrons. The van der Waals surface area contributed by atoms with Crippen LogP contribution in [0.3, 0.4) is 0 Å². The van der Waals surface area contributed by atoms with Crippen molar-refractivity contribution in [3.8, 4) is 0 Å². The van der Waals surface area contributed by atoms with Crippen molar-refractivity contribution in [1.29, 1.82) is 0 Å². The van der Waals surface area contributed by atoms with Crippen molar-refractivity contribution in [2.24, 2.45) is 0 Å². The van der Waals surface area contributed by atoms with E-state index in [2.05, 4.69) is 54.2 Å². The fourth-order valence-corrected chi connectivity index (χ4v) is 3.13. The fourth-order valence-electron chi connectivity index (χ4n) is 2.73. The Bertz CT molecular complexity index is 587. The van der Waals surface area contributed by atoms with Crippen LogP contribution in [0.4, 0.5) is 5.69 Å². The molecule has 2 rings (SSSR count). The van der Waals surface area contributed by atoms with E-state index < -0.39 is 0 Å². The molecule has 0 amide bonds. The molecular weight excluding hydrogens is 314 g/mol. The summed E-state index contributed by atoms with van der Waals surface area (Å²) in [6, 6.07) is 12.2. The highest BCUT2D eigenvalue weighted by Gasteiger charge is 2.15. The van der Waals surface area contributed by atoms with Gasteiger partial charge in [0.15, 0.2) is 0 Å². The van der Waals surface area contributed by atoms with Gasteiger partial charge in [-0.2, -0.15) is 0 Å². The first kappa shape index (κ1) is 15.1. The first-order valence-corrected chi connectivity index (χ1v) is 7.51. The molecule has 1 atom stereocenters. The summed E-state index contributed by atoms with van der Waals surface area (Å²) < 4.78 is 1.02. The summed E-state index contributed by atoms with van der Waals surface area (Å²) in [4.78, 5) is 0. The SMILES string of the molecule is Cc1cc(C)c(C(CO)Nc2cccc(Br)c2)c(C)c1. The molecule has 0 heterocycles. The highest BCUT2D eigenvalue weighted by molar-refractivity contribution is 9.10. The summed E-state index contributed by atoms with van der Waals surface area (Å²) in [5.74, 6) is 0. The quantitative estimate of drug-likeness (QED) is 0.862. The van der Waals surface area contributed by atoms with Gasteiger partial charge in [-0.25, -0.2) is 0 Å². The van der Waals surface area contributed by atoms with Gasteiger partial charge in [0.25, 0.3) is 0 Å². The van der Waals surface area contributed by atoms with E-state index in [0.717, 1.165) is 10.2 Å². The predicted molar refractivity (Wildman–Crippen MR) is 88.2 cm³/mol. The Hall–Kier alpha value is -1.32. The van der Waals surface area contributed by atoms with Gasteiger partial charge >= 0.3 is 0 Å². The summed E-state index contributed by atoms with van der Waals surface area (Å²) >= 11 is 3.47. The zero-order valence-corrected chi connectivity index (χ0v) is 13.7. The molecule has 0 saturated carbocycles. The smallest absolute Gasteiger partial charge is 0.0750 e. The van der Waals surface area contributed by atoms with E-state index in [1.807, 2.05) is 24.3 Å². The highest BCUT2D eigenvalue weighted by atomic mass is 79.9. The lowest BCUT2D eigenvalue weighted by Crippen LogP contribution is -2.17. The Morgan fingerprint density at radius 3 is 2.30 bits per heavy atom. The lowest BCUT2D eigenvalue weighted by atomic mass is 9.94. The van der Waals surface area contributed by atoms with Gasteiger partial charge in [-0.05, 0) is 55.7 Å². The minimum atomic E-state index is -0.0927. The lowest BCUT2D eigenvalue weighted by molar-refractivity contribution is 0.275. The molecule has 0 aliphatic rings. The molecule has 20 heavy (non-hydrogen) atoms. The van der Waals surface area contributed by atoms with E-state index in [1.165, 1.54) is 22.3 Å². The summed E-state index contributed by atoms with van der Waals surface area (Å²) in [5, 5.41) is 13.2. The van der Waals surface area contributed by atoms with Gasteiger partial charge in [0.2, 0.25) is 0 Å². The van der Waals surface area contributed by atoms with Crippen LogP contribution in [0.25, 0.3) is 0 Å². The maximum absolute atomic E-state index is 9.75. The number of aliphatic hydroxyl groups excluding tert-OH is 1. The highest BCUT2D eigenvalue weighted by Crippen LogP contribution is 2.27. The van der Waals surface area contributed by atoms with E-state index in [1.54, 1.807) is 0 Å². The van der Waals surface area contributed by atoms with Crippen molar-refractivity contribution >= 4 is 21.6 Å². The average molecular weight is 334 g/mol. The number of anilines is 1. The van der Waals surface area contributed by atoms with Gasteiger partial charge < -0.3 is 10.4 Å². The van der Waals surface area contributed by atoms with Crippen LogP contribution in [-0.2, 0) is 0 Å². The molecule has 0 aliphatic carbocycles. The standard InChI is InChI=1S/C17H20BrNO/c1-11-7-12(2)17(13(3)8-11)16(10-20)19-15-6-4-5-14(18)9-15/h4-9,16,19-20H,10H2,1-3H3. The zero-order valence-electron chi connectivity index (χ0n) is 12.1. The van der Waals surface area contributed by atoms with Crippen LogP contribution in [0.15, 0.2) is 40.9 Å². The van der Waals surface area contributed by atoms with Crippen molar-refractivity contribution in [1.82, 2.24) is 0 Å². The summed E-state index contributed by atoms with van der Waals surface area (Å²) in [7, 11) is 0. The van der Waals surface area contributed by atoms with Crippen LogP contribution in [0.5, 0.6) is 0 Å². The molecule has 0 bridgehead atoms. The minimum Gasteiger partial charge on any atom is -0.394 e. The van der Waals surface area contributed by atoms with Gasteiger partial charge in [0, 0.05) is 10.2 Å². The van der Waals surface area contributed by atoms with E-state index in [-0.39, 0.29) is 12.6 Å². The number of aliphatic hydroxyl groups is 1. The van der Waals surface area contributed by atoms with Crippen molar-refractivity contribution in [3.05, 3.63) is 63.1 Å². The summed E-state index contributed by atoms with van der Waals surface area (Å²) in [5.41, 5.74) is 5.85. The monoisotopic (exact) mass is 333 g/mol. The van der Waals surface area contributed by atoms with E-state index in [0.29, 0.717) is 0 Å². The Balaban J connectivity index is 2.34. The van der Waals surface area contributed by atoms with Crippen LogP contribution in [0, 0.1) is 20.8 Å². The second kappa shape index (κ2) is 6.42. The molecule has 0 spiro atoms. The van der Waals surface area contributed by atoms with Crippen molar-refractivity contribution in [2.45, 2.75) is 26.8 Å². The topological polar surface area (TPSA) is 32.3 Å². The molecule has 0 fully saturated rings. The maximum Gasteiger partial charge on any atom is 0.0750 e. The molecule has 3 heteroatoms. The fraction of sp³-hybridized carbons (Fsp3) is 0.294. The predicted octanol–water partition coefficient (Wildman–Crippen LogP) is 4.52. The maximum atomic E-state index is 9.75. The largest absolute Gasteiger partial charge is 0.394 e. The van der Waals surface area contributed by atoms with Gasteiger partial charge in [-0.1, -0.05) is 39.7 Å². The molecule has 1 unspecified atom stereocenters. The number of benzene rings is 2. The van der Waals surface area contributed by atoms with Gasteiger partial charge in [0.1, 0.15) is 0 Å². The second-order valence-electron chi connectivity index (χ2n) is 5.20. The average Bonchev–Trinajstić information content (AvgIpc) is 2.36. The Kier molecular flexibility index (Phi) is 4.84. The van der Waals surface area contributed by atoms with Crippen molar-refractivity contribution in [3.63, 3.8) is 0 Å². The van der Waals surface area contributed by atoms with E-state index in [9.17, 15) is 5.11 Å². The number of hydrogen-bond donors (Lipinski definition) is 2. The zero-order chi connectivity index (χ0) is 14.7. The number of aryl methyl sites for hydroxylation is 3. The van der Waals surface area contributed by atoms with Crippen LogP contribution < -0.4 is 5.32 Å². The van der Waals surface area contributed by atoms with E-state index >= 15 is 0 Å². The number of halogens is 1. The minimum absolute atomic E-state index is 0.0667. The molecule has 2 aromatic rings. The van der Waals surface area contributed by atoms with Crippen LogP contribution in [-0.4, -0.2) is 11.7 Å². The molecule has 2 nitrogen and oxygen atoms in total. The van der Waals surface area contributed by atoms with Crippen LogP contribution in [0.1, 0.15) is 28.3 Å². The van der Waals surface area contributed by atoms with Gasteiger partial charge in [-0.15, -0.1) is 0 Å².